The third-order valence-corrected chi connectivity index (χ3v) is 3.34. The van der Waals surface area contributed by atoms with Gasteiger partial charge in [0.15, 0.2) is 0 Å². The molecule has 1 aliphatic rings. The molecule has 0 aromatic carbocycles. The summed E-state index contributed by atoms with van der Waals surface area (Å²) < 4.78 is 0. The summed E-state index contributed by atoms with van der Waals surface area (Å²) in [4.78, 5) is 1.34. The first kappa shape index (κ1) is 10.9. The van der Waals surface area contributed by atoms with E-state index in [2.05, 4.69) is 32.9 Å². The molecule has 0 saturated heterocycles. The summed E-state index contributed by atoms with van der Waals surface area (Å²) in [6.45, 7) is 6.91. The zero-order chi connectivity index (χ0) is 9.90. The topological polar surface area (TPSA) is 20.2 Å². The first-order chi connectivity index (χ1) is 6.05. The van der Waals surface area contributed by atoms with Crippen molar-refractivity contribution < 1.29 is 5.11 Å². The lowest BCUT2D eigenvalue weighted by Gasteiger charge is -2.25. The molecule has 0 saturated carbocycles. The van der Waals surface area contributed by atoms with Gasteiger partial charge in [-0.05, 0) is 24.3 Å². The average molecular weight is 198 g/mol. The fourth-order valence-corrected chi connectivity index (χ4v) is 2.36. The molecule has 0 aromatic rings. The number of thioether (sulfide) groups is 1. The van der Waals surface area contributed by atoms with Crippen LogP contribution in [0.25, 0.3) is 0 Å². The molecule has 0 unspecified atom stereocenters. The standard InChI is InChI=1S/C11H18OS/c1-9-8-11(2,3)5-4-10(9)13-7-6-12/h4,8,12H,5-7H2,1-3H3. The average Bonchev–Trinajstić information content (AvgIpc) is 2.02. The summed E-state index contributed by atoms with van der Waals surface area (Å²) in [7, 11) is 0. The number of aliphatic hydroxyl groups excluding tert-OH is 1. The molecule has 0 amide bonds. The Morgan fingerprint density at radius 1 is 1.54 bits per heavy atom. The van der Waals surface area contributed by atoms with Gasteiger partial charge in [-0.2, -0.15) is 0 Å². The summed E-state index contributed by atoms with van der Waals surface area (Å²) in [6.07, 6.45) is 5.72. The Kier molecular flexibility index (Phi) is 3.63. The van der Waals surface area contributed by atoms with Crippen LogP contribution in [0.5, 0.6) is 0 Å². The van der Waals surface area contributed by atoms with Crippen molar-refractivity contribution in [2.24, 2.45) is 5.41 Å². The van der Waals surface area contributed by atoms with Crippen LogP contribution in [0.2, 0.25) is 0 Å². The maximum atomic E-state index is 8.72. The van der Waals surface area contributed by atoms with Gasteiger partial charge in [-0.3, -0.25) is 0 Å². The lowest BCUT2D eigenvalue weighted by Crippen LogP contribution is -2.11. The third-order valence-electron chi connectivity index (χ3n) is 2.16. The molecule has 2 heteroatoms. The number of aliphatic hydroxyl groups is 1. The van der Waals surface area contributed by atoms with Crippen LogP contribution >= 0.6 is 11.8 Å². The van der Waals surface area contributed by atoms with Crippen molar-refractivity contribution in [2.75, 3.05) is 12.4 Å². The fourth-order valence-electron chi connectivity index (χ4n) is 1.56. The van der Waals surface area contributed by atoms with E-state index in [1.165, 1.54) is 10.5 Å². The summed E-state index contributed by atoms with van der Waals surface area (Å²) in [5, 5.41) is 8.72. The molecule has 1 rings (SSSR count). The highest BCUT2D eigenvalue weighted by molar-refractivity contribution is 8.03. The molecular weight excluding hydrogens is 180 g/mol. The lowest BCUT2D eigenvalue weighted by atomic mass is 9.84. The molecule has 0 aliphatic heterocycles. The molecule has 1 nitrogen and oxygen atoms in total. The number of rotatable bonds is 3. The Morgan fingerprint density at radius 3 is 2.77 bits per heavy atom. The maximum absolute atomic E-state index is 8.72. The van der Waals surface area contributed by atoms with Crippen LogP contribution < -0.4 is 0 Å². The molecule has 0 radical (unpaired) electrons. The third kappa shape index (κ3) is 3.20. The lowest BCUT2D eigenvalue weighted by molar-refractivity contribution is 0.322. The Hall–Kier alpha value is -0.210. The smallest absolute Gasteiger partial charge is 0.0525 e. The molecule has 1 N–H and O–H groups in total. The van der Waals surface area contributed by atoms with E-state index in [0.717, 1.165) is 12.2 Å². The van der Waals surface area contributed by atoms with Crippen LogP contribution in [-0.4, -0.2) is 17.5 Å². The predicted octanol–water partition coefficient (Wildman–Crippen LogP) is 2.97. The van der Waals surface area contributed by atoms with Crippen LogP contribution in [0.1, 0.15) is 27.2 Å². The minimum absolute atomic E-state index is 0.263. The molecule has 1 aliphatic carbocycles. The molecule has 0 atom stereocenters. The molecule has 74 valence electrons. The Balaban J connectivity index is 2.61. The summed E-state index contributed by atoms with van der Waals surface area (Å²) in [5.74, 6) is 0.803. The summed E-state index contributed by atoms with van der Waals surface area (Å²) in [6, 6.07) is 0. The minimum Gasteiger partial charge on any atom is -0.396 e. The van der Waals surface area contributed by atoms with Gasteiger partial charge in [0.25, 0.3) is 0 Å². The Bertz CT molecular complexity index is 238. The molecule has 0 fully saturated rings. The first-order valence-electron chi connectivity index (χ1n) is 4.69. The van der Waals surface area contributed by atoms with E-state index >= 15 is 0 Å². The van der Waals surface area contributed by atoms with E-state index in [-0.39, 0.29) is 6.61 Å². The van der Waals surface area contributed by atoms with Crippen LogP contribution in [-0.2, 0) is 0 Å². The zero-order valence-electron chi connectivity index (χ0n) is 8.63. The van der Waals surface area contributed by atoms with Crippen LogP contribution in [0.15, 0.2) is 22.6 Å². The first-order valence-corrected chi connectivity index (χ1v) is 5.67. The van der Waals surface area contributed by atoms with Gasteiger partial charge in [0.2, 0.25) is 0 Å². The Labute approximate surface area is 84.9 Å². The van der Waals surface area contributed by atoms with Gasteiger partial charge in [0.1, 0.15) is 0 Å². The molecule has 13 heavy (non-hydrogen) atoms. The second-order valence-corrected chi connectivity index (χ2v) is 5.30. The predicted molar refractivity (Wildman–Crippen MR) is 59.8 cm³/mol. The van der Waals surface area contributed by atoms with Gasteiger partial charge in [0.05, 0.1) is 6.61 Å². The second kappa shape index (κ2) is 4.34. The van der Waals surface area contributed by atoms with Crippen molar-refractivity contribution in [1.29, 1.82) is 0 Å². The normalized spacial score (nSPS) is 20.9. The largest absolute Gasteiger partial charge is 0.396 e. The summed E-state index contributed by atoms with van der Waals surface area (Å²) >= 11 is 1.75. The van der Waals surface area contributed by atoms with E-state index in [1.54, 1.807) is 11.8 Å². The number of hydrogen-bond acceptors (Lipinski definition) is 2. The van der Waals surface area contributed by atoms with Crippen LogP contribution in [0.4, 0.5) is 0 Å². The highest BCUT2D eigenvalue weighted by Gasteiger charge is 2.19. The SMILES string of the molecule is CC1=CC(C)(C)CC=C1SCCO. The van der Waals surface area contributed by atoms with Crippen molar-refractivity contribution in [3.63, 3.8) is 0 Å². The molecule has 0 bridgehead atoms. The minimum atomic E-state index is 0.263. The van der Waals surface area contributed by atoms with Crippen LogP contribution in [0, 0.1) is 5.41 Å². The van der Waals surface area contributed by atoms with E-state index in [4.69, 9.17) is 5.11 Å². The zero-order valence-corrected chi connectivity index (χ0v) is 9.45. The van der Waals surface area contributed by atoms with Gasteiger partial charge >= 0.3 is 0 Å². The Morgan fingerprint density at radius 2 is 2.23 bits per heavy atom. The highest BCUT2D eigenvalue weighted by Crippen LogP contribution is 2.36. The van der Waals surface area contributed by atoms with E-state index in [1.807, 2.05) is 0 Å². The van der Waals surface area contributed by atoms with E-state index in [0.29, 0.717) is 5.41 Å². The second-order valence-electron chi connectivity index (χ2n) is 4.16. The van der Waals surface area contributed by atoms with Crippen LogP contribution in [0.3, 0.4) is 0 Å². The quantitative estimate of drug-likeness (QED) is 0.752. The van der Waals surface area contributed by atoms with E-state index < -0.39 is 0 Å². The molecule has 0 heterocycles. The van der Waals surface area contributed by atoms with E-state index in [9.17, 15) is 0 Å². The molecule has 0 aromatic heterocycles. The van der Waals surface area contributed by atoms with Gasteiger partial charge < -0.3 is 5.11 Å². The van der Waals surface area contributed by atoms with Crippen molar-refractivity contribution in [2.45, 2.75) is 27.2 Å². The van der Waals surface area contributed by atoms with Gasteiger partial charge in [-0.15, -0.1) is 11.8 Å². The monoisotopic (exact) mass is 198 g/mol. The number of hydrogen-bond donors (Lipinski definition) is 1. The van der Waals surface area contributed by atoms with Crippen molar-refractivity contribution in [1.82, 2.24) is 0 Å². The maximum Gasteiger partial charge on any atom is 0.0525 e. The van der Waals surface area contributed by atoms with Crippen molar-refractivity contribution in [3.8, 4) is 0 Å². The fraction of sp³-hybridized carbons (Fsp3) is 0.636. The van der Waals surface area contributed by atoms with Crippen molar-refractivity contribution >= 4 is 11.8 Å². The highest BCUT2D eigenvalue weighted by atomic mass is 32.2. The molecular formula is C11H18OS. The van der Waals surface area contributed by atoms with Gasteiger partial charge in [0, 0.05) is 10.7 Å². The molecule has 0 spiro atoms. The summed E-state index contributed by atoms with van der Waals surface area (Å²) in [5.41, 5.74) is 1.67. The van der Waals surface area contributed by atoms with Gasteiger partial charge in [-0.25, -0.2) is 0 Å². The van der Waals surface area contributed by atoms with Crippen molar-refractivity contribution in [3.05, 3.63) is 22.6 Å². The number of allylic oxidation sites excluding steroid dienone is 3. The van der Waals surface area contributed by atoms with Gasteiger partial charge in [-0.1, -0.05) is 26.0 Å².